The lowest BCUT2D eigenvalue weighted by Gasteiger charge is -2.15. The van der Waals surface area contributed by atoms with Crippen molar-refractivity contribution < 1.29 is 9.53 Å². The first-order valence-electron chi connectivity index (χ1n) is 11.5. The van der Waals surface area contributed by atoms with Crippen molar-refractivity contribution in [1.29, 1.82) is 0 Å². The van der Waals surface area contributed by atoms with Crippen molar-refractivity contribution in [1.82, 2.24) is 25.1 Å². The number of nitrogens with one attached hydrogen (secondary N) is 1. The smallest absolute Gasteiger partial charge is 0.230 e. The number of hydrogen-bond donors (Lipinski definition) is 1. The number of ether oxygens (including phenoxy) is 1. The molecule has 0 aliphatic heterocycles. The van der Waals surface area contributed by atoms with Gasteiger partial charge in [0.1, 0.15) is 5.75 Å². The van der Waals surface area contributed by atoms with E-state index < -0.39 is 0 Å². The summed E-state index contributed by atoms with van der Waals surface area (Å²) in [5.74, 6) is 2.47. The summed E-state index contributed by atoms with van der Waals surface area (Å²) in [5.41, 5.74) is 1.81. The van der Waals surface area contributed by atoms with E-state index in [1.807, 2.05) is 47.9 Å². The largest absolute Gasteiger partial charge is 0.494 e. The Morgan fingerprint density at radius 2 is 1.79 bits per heavy atom. The van der Waals surface area contributed by atoms with Crippen LogP contribution in [0.2, 0.25) is 0 Å². The van der Waals surface area contributed by atoms with E-state index in [0.717, 1.165) is 29.8 Å². The quantitative estimate of drug-likeness (QED) is 0.371. The van der Waals surface area contributed by atoms with Crippen molar-refractivity contribution in [3.8, 4) is 22.8 Å². The van der Waals surface area contributed by atoms with Gasteiger partial charge in [-0.1, -0.05) is 38.5 Å². The summed E-state index contributed by atoms with van der Waals surface area (Å²) in [7, 11) is 0. The Morgan fingerprint density at radius 3 is 2.45 bits per heavy atom. The summed E-state index contributed by atoms with van der Waals surface area (Å²) < 4.78 is 7.54. The standard InChI is InChI=1S/C25H33N5O2S/c1-5-32-22-11-9-21(10-12-22)30-24(20-13-15-26-16-14-20)28-29-25(30)33-17-23(31)27-19(4)8-6-7-18(2)3/h9-16,18-19H,5-8,17H2,1-4H3,(H,27,31)/t19-/m1/s1. The summed E-state index contributed by atoms with van der Waals surface area (Å²) in [5, 5.41) is 12.6. The van der Waals surface area contributed by atoms with Crippen LogP contribution in [0.4, 0.5) is 0 Å². The minimum absolute atomic E-state index is 0.00347. The zero-order valence-corrected chi connectivity index (χ0v) is 20.6. The van der Waals surface area contributed by atoms with Crippen molar-refractivity contribution in [3.05, 3.63) is 48.8 Å². The van der Waals surface area contributed by atoms with Crippen LogP contribution in [-0.2, 0) is 4.79 Å². The highest BCUT2D eigenvalue weighted by atomic mass is 32.2. The molecule has 3 aromatic rings. The van der Waals surface area contributed by atoms with Crippen LogP contribution in [0.5, 0.6) is 5.75 Å². The molecule has 3 rings (SSSR count). The van der Waals surface area contributed by atoms with Gasteiger partial charge in [0, 0.05) is 29.7 Å². The molecule has 2 aromatic heterocycles. The highest BCUT2D eigenvalue weighted by Crippen LogP contribution is 2.28. The summed E-state index contributed by atoms with van der Waals surface area (Å²) in [4.78, 5) is 16.6. The lowest BCUT2D eigenvalue weighted by atomic mass is 10.0. The van der Waals surface area contributed by atoms with Crippen LogP contribution in [0.25, 0.3) is 17.1 Å². The third-order valence-electron chi connectivity index (χ3n) is 5.14. The van der Waals surface area contributed by atoms with Crippen molar-refractivity contribution in [2.24, 2.45) is 5.92 Å². The Morgan fingerprint density at radius 1 is 1.06 bits per heavy atom. The SMILES string of the molecule is CCOc1ccc(-n2c(SCC(=O)N[C@H](C)CCCC(C)C)nnc2-c2ccncc2)cc1. The second-order valence-electron chi connectivity index (χ2n) is 8.39. The molecular formula is C25H33N5O2S. The molecular weight excluding hydrogens is 434 g/mol. The highest BCUT2D eigenvalue weighted by molar-refractivity contribution is 7.99. The number of pyridine rings is 1. The highest BCUT2D eigenvalue weighted by Gasteiger charge is 2.18. The molecule has 1 aromatic carbocycles. The van der Waals surface area contributed by atoms with Gasteiger partial charge in [0.05, 0.1) is 12.4 Å². The molecule has 2 heterocycles. The normalized spacial score (nSPS) is 12.0. The monoisotopic (exact) mass is 467 g/mol. The van der Waals surface area contributed by atoms with Crippen molar-refractivity contribution >= 4 is 17.7 Å². The number of carbonyl (C=O) groups is 1. The number of thioether (sulfide) groups is 1. The summed E-state index contributed by atoms with van der Waals surface area (Å²) in [6, 6.07) is 11.8. The second-order valence-corrected chi connectivity index (χ2v) is 9.33. The van der Waals surface area contributed by atoms with Gasteiger partial charge in [0.15, 0.2) is 11.0 Å². The van der Waals surface area contributed by atoms with E-state index in [0.29, 0.717) is 23.5 Å². The third-order valence-corrected chi connectivity index (χ3v) is 6.07. The molecule has 176 valence electrons. The van der Waals surface area contributed by atoms with Crippen molar-refractivity contribution in [3.63, 3.8) is 0 Å². The lowest BCUT2D eigenvalue weighted by molar-refractivity contribution is -0.119. The molecule has 0 unspecified atom stereocenters. The maximum atomic E-state index is 12.6. The molecule has 0 spiro atoms. The Labute approximate surface area is 200 Å². The summed E-state index contributed by atoms with van der Waals surface area (Å²) in [6.45, 7) is 9.08. The number of benzene rings is 1. The second kappa shape index (κ2) is 12.4. The minimum atomic E-state index is 0.00347. The van der Waals surface area contributed by atoms with E-state index in [1.54, 1.807) is 12.4 Å². The first-order valence-corrected chi connectivity index (χ1v) is 12.5. The van der Waals surface area contributed by atoms with E-state index in [1.165, 1.54) is 18.2 Å². The molecule has 1 atom stereocenters. The van der Waals surface area contributed by atoms with E-state index >= 15 is 0 Å². The maximum Gasteiger partial charge on any atom is 0.230 e. The molecule has 0 radical (unpaired) electrons. The summed E-state index contributed by atoms with van der Waals surface area (Å²) >= 11 is 1.38. The predicted molar refractivity (Wildman–Crippen MR) is 133 cm³/mol. The number of nitrogens with zero attached hydrogens (tertiary/aromatic N) is 4. The topological polar surface area (TPSA) is 81.9 Å². The van der Waals surface area contributed by atoms with Crippen LogP contribution in [0.1, 0.15) is 47.0 Å². The molecule has 0 saturated carbocycles. The molecule has 8 heteroatoms. The average Bonchev–Trinajstić information content (AvgIpc) is 3.23. The van der Waals surface area contributed by atoms with Crippen molar-refractivity contribution in [2.45, 2.75) is 58.2 Å². The molecule has 1 N–H and O–H groups in total. The molecule has 1 amide bonds. The Hall–Kier alpha value is -2.87. The average molecular weight is 468 g/mol. The lowest BCUT2D eigenvalue weighted by Crippen LogP contribution is -2.33. The van der Waals surface area contributed by atoms with Gasteiger partial charge < -0.3 is 10.1 Å². The zero-order valence-electron chi connectivity index (χ0n) is 19.8. The maximum absolute atomic E-state index is 12.6. The summed E-state index contributed by atoms with van der Waals surface area (Å²) in [6.07, 6.45) is 6.75. The van der Waals surface area contributed by atoms with Gasteiger partial charge in [-0.15, -0.1) is 10.2 Å². The van der Waals surface area contributed by atoms with Gasteiger partial charge in [-0.3, -0.25) is 14.3 Å². The van der Waals surface area contributed by atoms with Gasteiger partial charge >= 0.3 is 0 Å². The number of carbonyl (C=O) groups excluding carboxylic acids is 1. The van der Waals surface area contributed by atoms with Gasteiger partial charge in [0.25, 0.3) is 0 Å². The molecule has 0 aliphatic rings. The van der Waals surface area contributed by atoms with Gasteiger partial charge in [-0.25, -0.2) is 0 Å². The molecule has 0 fully saturated rings. The van der Waals surface area contributed by atoms with Crippen LogP contribution in [0, 0.1) is 5.92 Å². The Kier molecular flexibility index (Phi) is 9.30. The van der Waals surface area contributed by atoms with E-state index in [-0.39, 0.29) is 17.7 Å². The van der Waals surface area contributed by atoms with Gasteiger partial charge in [-0.2, -0.15) is 0 Å². The van der Waals surface area contributed by atoms with Crippen LogP contribution < -0.4 is 10.1 Å². The van der Waals surface area contributed by atoms with Crippen molar-refractivity contribution in [2.75, 3.05) is 12.4 Å². The fourth-order valence-electron chi connectivity index (χ4n) is 3.49. The fourth-order valence-corrected chi connectivity index (χ4v) is 4.26. The van der Waals surface area contributed by atoms with Gasteiger partial charge in [0.2, 0.25) is 5.91 Å². The molecule has 0 aliphatic carbocycles. The molecule has 7 nitrogen and oxygen atoms in total. The van der Waals surface area contributed by atoms with Gasteiger partial charge in [-0.05, 0) is 62.6 Å². The predicted octanol–water partition coefficient (Wildman–Crippen LogP) is 5.15. The number of rotatable bonds is 12. The Bertz CT molecular complexity index is 1010. The molecule has 0 saturated heterocycles. The van der Waals surface area contributed by atoms with E-state index in [9.17, 15) is 4.79 Å². The Balaban J connectivity index is 1.74. The molecule has 33 heavy (non-hydrogen) atoms. The number of amides is 1. The number of hydrogen-bond acceptors (Lipinski definition) is 6. The first-order chi connectivity index (χ1) is 16.0. The van der Waals surface area contributed by atoms with E-state index in [2.05, 4.69) is 41.3 Å². The molecule has 0 bridgehead atoms. The zero-order chi connectivity index (χ0) is 23.6. The van der Waals surface area contributed by atoms with E-state index in [4.69, 9.17) is 4.74 Å². The first kappa shape index (κ1) is 24.8. The van der Waals surface area contributed by atoms with Crippen LogP contribution in [-0.4, -0.2) is 44.1 Å². The third kappa shape index (κ3) is 7.32. The fraction of sp³-hybridized carbons (Fsp3) is 0.440. The number of aromatic nitrogens is 4. The van der Waals surface area contributed by atoms with Crippen LogP contribution in [0.15, 0.2) is 53.9 Å². The van der Waals surface area contributed by atoms with Crippen LogP contribution in [0.3, 0.4) is 0 Å². The van der Waals surface area contributed by atoms with Crippen LogP contribution >= 0.6 is 11.8 Å². The minimum Gasteiger partial charge on any atom is -0.494 e.